The molecule has 0 saturated heterocycles. The van der Waals surface area contributed by atoms with Crippen LogP contribution in [0.5, 0.6) is 0 Å². The van der Waals surface area contributed by atoms with Gasteiger partial charge in [-0.1, -0.05) is 11.6 Å². The van der Waals surface area contributed by atoms with E-state index in [1.54, 1.807) is 13.1 Å². The molecule has 19 heavy (non-hydrogen) atoms. The van der Waals surface area contributed by atoms with Gasteiger partial charge in [0.1, 0.15) is 5.82 Å². The third-order valence-electron chi connectivity index (χ3n) is 2.52. The summed E-state index contributed by atoms with van der Waals surface area (Å²) in [5, 5.41) is 3.09. The summed E-state index contributed by atoms with van der Waals surface area (Å²) in [5.74, 6) is 0.743. The molecule has 0 fully saturated rings. The number of halogens is 4. The summed E-state index contributed by atoms with van der Waals surface area (Å²) in [4.78, 5) is 6.97. The van der Waals surface area contributed by atoms with E-state index in [1.165, 1.54) is 6.07 Å². The first-order valence-electron chi connectivity index (χ1n) is 5.47. The maximum atomic E-state index is 12.6. The number of hydrogen-bond acceptors (Lipinski definition) is 2. The van der Waals surface area contributed by atoms with E-state index in [0.29, 0.717) is 6.54 Å². The summed E-state index contributed by atoms with van der Waals surface area (Å²) in [5.41, 5.74) is 0.273. The van der Waals surface area contributed by atoms with Crippen molar-refractivity contribution in [2.75, 3.05) is 5.32 Å². The molecule has 0 spiro atoms. The lowest BCUT2D eigenvalue weighted by Crippen LogP contribution is -2.07. The molecule has 0 aliphatic heterocycles. The van der Waals surface area contributed by atoms with Crippen LogP contribution in [-0.4, -0.2) is 9.97 Å². The van der Waals surface area contributed by atoms with E-state index < -0.39 is 11.7 Å². The standard InChI is InChI=1S/C12H11ClF3N3/c1-7-17-5-9(19-7)6-18-11-4-8(12(14,15)16)2-3-10(11)13/h2-5,18H,6H2,1H3,(H,17,19). The highest BCUT2D eigenvalue weighted by Crippen LogP contribution is 2.33. The average molecular weight is 290 g/mol. The van der Waals surface area contributed by atoms with Crippen LogP contribution in [-0.2, 0) is 12.7 Å². The minimum absolute atomic E-state index is 0.240. The fourth-order valence-corrected chi connectivity index (χ4v) is 1.77. The van der Waals surface area contributed by atoms with Crippen molar-refractivity contribution in [3.63, 3.8) is 0 Å². The van der Waals surface area contributed by atoms with Crippen molar-refractivity contribution >= 4 is 17.3 Å². The van der Waals surface area contributed by atoms with E-state index in [4.69, 9.17) is 11.6 Å². The molecule has 0 amide bonds. The Morgan fingerprint density at radius 3 is 2.68 bits per heavy atom. The highest BCUT2D eigenvalue weighted by molar-refractivity contribution is 6.33. The summed E-state index contributed by atoms with van der Waals surface area (Å²) in [6, 6.07) is 3.17. The number of aromatic nitrogens is 2. The summed E-state index contributed by atoms with van der Waals surface area (Å²) < 4.78 is 37.7. The zero-order valence-electron chi connectivity index (χ0n) is 9.98. The van der Waals surface area contributed by atoms with Crippen molar-refractivity contribution < 1.29 is 13.2 Å². The number of nitrogens with zero attached hydrogens (tertiary/aromatic N) is 1. The van der Waals surface area contributed by atoms with Crippen molar-refractivity contribution in [3.05, 3.63) is 46.5 Å². The highest BCUT2D eigenvalue weighted by Gasteiger charge is 2.30. The van der Waals surface area contributed by atoms with E-state index in [1.807, 2.05) is 0 Å². The highest BCUT2D eigenvalue weighted by atomic mass is 35.5. The molecular formula is C12H11ClF3N3. The third kappa shape index (κ3) is 3.41. The van der Waals surface area contributed by atoms with Crippen molar-refractivity contribution in [1.82, 2.24) is 9.97 Å². The fourth-order valence-electron chi connectivity index (χ4n) is 1.59. The fraction of sp³-hybridized carbons (Fsp3) is 0.250. The lowest BCUT2D eigenvalue weighted by atomic mass is 10.2. The molecule has 1 heterocycles. The van der Waals surface area contributed by atoms with E-state index in [2.05, 4.69) is 15.3 Å². The van der Waals surface area contributed by atoms with Crippen molar-refractivity contribution in [2.24, 2.45) is 0 Å². The molecule has 0 aliphatic rings. The number of rotatable bonds is 3. The summed E-state index contributed by atoms with van der Waals surface area (Å²) >= 11 is 5.86. The monoisotopic (exact) mass is 289 g/mol. The number of H-pyrrole nitrogens is 1. The van der Waals surface area contributed by atoms with Gasteiger partial charge >= 0.3 is 6.18 Å². The predicted octanol–water partition coefficient (Wildman–Crippen LogP) is 4.00. The second-order valence-electron chi connectivity index (χ2n) is 4.04. The molecule has 0 aliphatic carbocycles. The first kappa shape index (κ1) is 13.7. The molecule has 0 saturated carbocycles. The molecule has 1 aromatic carbocycles. The molecule has 2 N–H and O–H groups in total. The Morgan fingerprint density at radius 2 is 2.11 bits per heavy atom. The molecule has 7 heteroatoms. The Bertz CT molecular complexity index is 578. The van der Waals surface area contributed by atoms with Gasteiger partial charge in [0.2, 0.25) is 0 Å². The van der Waals surface area contributed by atoms with Gasteiger partial charge in [-0.3, -0.25) is 0 Å². The van der Waals surface area contributed by atoms with Gasteiger partial charge in [-0.05, 0) is 25.1 Å². The Hall–Kier alpha value is -1.69. The molecule has 0 atom stereocenters. The van der Waals surface area contributed by atoms with Gasteiger partial charge in [-0.25, -0.2) is 4.98 Å². The molecule has 0 radical (unpaired) electrons. The Morgan fingerprint density at radius 1 is 1.37 bits per heavy atom. The van der Waals surface area contributed by atoms with Crippen LogP contribution in [0.15, 0.2) is 24.4 Å². The zero-order valence-corrected chi connectivity index (χ0v) is 10.7. The van der Waals surface area contributed by atoms with E-state index in [-0.39, 0.29) is 10.7 Å². The Labute approximate surface area is 112 Å². The van der Waals surface area contributed by atoms with Crippen LogP contribution in [0.2, 0.25) is 5.02 Å². The molecule has 0 unspecified atom stereocenters. The maximum absolute atomic E-state index is 12.6. The number of nitrogens with one attached hydrogen (secondary N) is 2. The Balaban J connectivity index is 2.15. The van der Waals surface area contributed by atoms with Crippen LogP contribution in [0.3, 0.4) is 0 Å². The lowest BCUT2D eigenvalue weighted by molar-refractivity contribution is -0.137. The van der Waals surface area contributed by atoms with Gasteiger partial charge in [0, 0.05) is 0 Å². The Kier molecular flexibility index (Phi) is 3.71. The van der Waals surface area contributed by atoms with E-state index in [0.717, 1.165) is 23.7 Å². The SMILES string of the molecule is Cc1ncc(CNc2cc(C(F)(F)F)ccc2Cl)[nH]1. The number of hydrogen-bond donors (Lipinski definition) is 2. The number of aromatic amines is 1. The number of aryl methyl sites for hydroxylation is 1. The molecule has 2 rings (SSSR count). The number of anilines is 1. The first-order valence-corrected chi connectivity index (χ1v) is 5.85. The van der Waals surface area contributed by atoms with E-state index >= 15 is 0 Å². The van der Waals surface area contributed by atoms with Crippen LogP contribution >= 0.6 is 11.6 Å². The molecule has 2 aromatic rings. The van der Waals surface area contributed by atoms with Gasteiger partial charge in [0.25, 0.3) is 0 Å². The van der Waals surface area contributed by atoms with Gasteiger partial charge in [-0.2, -0.15) is 13.2 Å². The topological polar surface area (TPSA) is 40.7 Å². The van der Waals surface area contributed by atoms with Crippen LogP contribution in [0, 0.1) is 6.92 Å². The third-order valence-corrected chi connectivity index (χ3v) is 2.85. The van der Waals surface area contributed by atoms with E-state index in [9.17, 15) is 13.2 Å². The normalized spacial score (nSPS) is 11.6. The molecule has 102 valence electrons. The van der Waals surface area contributed by atoms with Crippen LogP contribution in [0.4, 0.5) is 18.9 Å². The molecule has 3 nitrogen and oxygen atoms in total. The molecule has 0 bridgehead atoms. The molecule has 1 aromatic heterocycles. The maximum Gasteiger partial charge on any atom is 0.416 e. The van der Waals surface area contributed by atoms with Gasteiger partial charge < -0.3 is 10.3 Å². The second-order valence-corrected chi connectivity index (χ2v) is 4.45. The quantitative estimate of drug-likeness (QED) is 0.896. The zero-order chi connectivity index (χ0) is 14.0. The minimum atomic E-state index is -4.38. The van der Waals surface area contributed by atoms with Gasteiger partial charge in [0.05, 0.1) is 34.7 Å². The smallest absolute Gasteiger partial charge is 0.378 e. The van der Waals surface area contributed by atoms with Crippen LogP contribution in [0.1, 0.15) is 17.1 Å². The van der Waals surface area contributed by atoms with Gasteiger partial charge in [0.15, 0.2) is 0 Å². The number of alkyl halides is 3. The summed E-state index contributed by atoms with van der Waals surface area (Å²) in [6.07, 6.45) is -2.77. The number of benzene rings is 1. The first-order chi connectivity index (χ1) is 8.86. The minimum Gasteiger partial charge on any atom is -0.378 e. The average Bonchev–Trinajstić information content (AvgIpc) is 2.72. The lowest BCUT2D eigenvalue weighted by Gasteiger charge is -2.11. The van der Waals surface area contributed by atoms with Crippen molar-refractivity contribution in [3.8, 4) is 0 Å². The van der Waals surface area contributed by atoms with Crippen LogP contribution < -0.4 is 5.32 Å². The largest absolute Gasteiger partial charge is 0.416 e. The second kappa shape index (κ2) is 5.13. The van der Waals surface area contributed by atoms with Crippen LogP contribution in [0.25, 0.3) is 0 Å². The number of imidazole rings is 1. The van der Waals surface area contributed by atoms with Crippen molar-refractivity contribution in [2.45, 2.75) is 19.6 Å². The van der Waals surface area contributed by atoms with Gasteiger partial charge in [-0.15, -0.1) is 0 Å². The summed E-state index contributed by atoms with van der Waals surface area (Å²) in [6.45, 7) is 2.11. The molecular weight excluding hydrogens is 279 g/mol. The van der Waals surface area contributed by atoms with Crippen molar-refractivity contribution in [1.29, 1.82) is 0 Å². The predicted molar refractivity (Wildman–Crippen MR) is 67.1 cm³/mol. The summed E-state index contributed by atoms with van der Waals surface area (Å²) in [7, 11) is 0.